The molecule has 0 radical (unpaired) electrons. The van der Waals surface area contributed by atoms with Crippen LogP contribution in [0.4, 0.5) is 18.9 Å². The van der Waals surface area contributed by atoms with E-state index in [4.69, 9.17) is 34.8 Å². The largest absolute Gasteiger partial charge is 0.441 e. The van der Waals surface area contributed by atoms with Crippen molar-refractivity contribution in [1.82, 2.24) is 0 Å². The number of benzene rings is 1. The highest BCUT2D eigenvalue weighted by Gasteiger charge is 2.27. The second-order valence-corrected chi connectivity index (χ2v) is 5.38. The molecular weight excluding hydrogens is 318 g/mol. The van der Waals surface area contributed by atoms with Crippen molar-refractivity contribution in [3.8, 4) is 0 Å². The van der Waals surface area contributed by atoms with Gasteiger partial charge in [-0.1, -0.05) is 34.8 Å². The van der Waals surface area contributed by atoms with Crippen molar-refractivity contribution < 1.29 is 13.2 Å². The molecular formula is C9H7Cl3F3NS. The van der Waals surface area contributed by atoms with Gasteiger partial charge in [0.25, 0.3) is 0 Å². The molecule has 0 saturated carbocycles. The Kier molecular flexibility index (Phi) is 5.57. The van der Waals surface area contributed by atoms with Gasteiger partial charge < -0.3 is 5.32 Å². The minimum Gasteiger partial charge on any atom is -0.382 e. The van der Waals surface area contributed by atoms with Gasteiger partial charge in [-0.25, -0.2) is 0 Å². The van der Waals surface area contributed by atoms with Crippen molar-refractivity contribution in [2.45, 2.75) is 5.51 Å². The lowest BCUT2D eigenvalue weighted by Gasteiger charge is -2.11. The monoisotopic (exact) mass is 323 g/mol. The summed E-state index contributed by atoms with van der Waals surface area (Å²) in [7, 11) is 0. The zero-order valence-electron chi connectivity index (χ0n) is 8.24. The summed E-state index contributed by atoms with van der Waals surface area (Å²) < 4.78 is 35.6. The Balaban J connectivity index is 2.53. The number of hydrogen-bond acceptors (Lipinski definition) is 2. The molecule has 0 spiro atoms. The van der Waals surface area contributed by atoms with Gasteiger partial charge in [-0.15, -0.1) is 0 Å². The van der Waals surface area contributed by atoms with Crippen LogP contribution >= 0.6 is 46.6 Å². The van der Waals surface area contributed by atoms with Crippen molar-refractivity contribution in [3.05, 3.63) is 27.2 Å². The van der Waals surface area contributed by atoms with E-state index >= 15 is 0 Å². The fourth-order valence-electron chi connectivity index (χ4n) is 1.05. The van der Waals surface area contributed by atoms with Gasteiger partial charge in [-0.2, -0.15) is 13.2 Å². The fraction of sp³-hybridized carbons (Fsp3) is 0.333. The van der Waals surface area contributed by atoms with Crippen molar-refractivity contribution in [2.75, 3.05) is 17.6 Å². The summed E-state index contributed by atoms with van der Waals surface area (Å²) in [5.74, 6) is -0.126. The molecule has 0 bridgehead atoms. The first-order valence-corrected chi connectivity index (χ1v) is 6.50. The summed E-state index contributed by atoms with van der Waals surface area (Å²) in [5, 5.41) is 3.66. The Bertz CT molecular complexity index is 375. The Hall–Kier alpha value is 0.0300. The standard InChI is InChI=1S/C9H7Cl3F3NS/c10-5-3-6(11)8(7(12)4-5)16-1-2-17-9(13,14)15/h3-4,16H,1-2H2. The van der Waals surface area contributed by atoms with Gasteiger partial charge in [-0.05, 0) is 23.9 Å². The second kappa shape index (κ2) is 6.27. The number of thioether (sulfide) groups is 1. The van der Waals surface area contributed by atoms with E-state index < -0.39 is 5.51 Å². The third-order valence-electron chi connectivity index (χ3n) is 1.68. The van der Waals surface area contributed by atoms with Crippen molar-refractivity contribution in [1.29, 1.82) is 0 Å². The second-order valence-electron chi connectivity index (χ2n) is 2.97. The van der Waals surface area contributed by atoms with E-state index in [1.54, 1.807) is 0 Å². The number of nitrogens with one attached hydrogen (secondary N) is 1. The Morgan fingerprint density at radius 1 is 1.12 bits per heavy atom. The number of anilines is 1. The lowest BCUT2D eigenvalue weighted by molar-refractivity contribution is -0.0327. The van der Waals surface area contributed by atoms with Gasteiger partial charge in [-0.3, -0.25) is 0 Å². The minimum absolute atomic E-state index is 0.102. The maximum Gasteiger partial charge on any atom is 0.441 e. The van der Waals surface area contributed by atoms with E-state index in [0.29, 0.717) is 10.7 Å². The van der Waals surface area contributed by atoms with E-state index in [0.717, 1.165) is 0 Å². The van der Waals surface area contributed by atoms with Gasteiger partial charge in [0.05, 0.1) is 15.7 Å². The molecule has 0 atom stereocenters. The Morgan fingerprint density at radius 3 is 2.12 bits per heavy atom. The summed E-state index contributed by atoms with van der Waals surface area (Å²) in [4.78, 5) is 0. The van der Waals surface area contributed by atoms with Crippen LogP contribution in [0.3, 0.4) is 0 Å². The molecule has 0 heterocycles. The third kappa shape index (κ3) is 5.46. The van der Waals surface area contributed by atoms with Gasteiger partial charge in [0, 0.05) is 17.3 Å². The van der Waals surface area contributed by atoms with Crippen LogP contribution in [0.1, 0.15) is 0 Å². The van der Waals surface area contributed by atoms with Crippen LogP contribution in [0.25, 0.3) is 0 Å². The van der Waals surface area contributed by atoms with E-state index in [1.165, 1.54) is 12.1 Å². The highest BCUT2D eigenvalue weighted by atomic mass is 35.5. The minimum atomic E-state index is -4.23. The lowest BCUT2D eigenvalue weighted by atomic mass is 10.3. The highest BCUT2D eigenvalue weighted by molar-refractivity contribution is 8.00. The van der Waals surface area contributed by atoms with Crippen LogP contribution in [-0.2, 0) is 0 Å². The predicted octanol–water partition coefficient (Wildman–Crippen LogP) is 5.31. The molecule has 1 aromatic carbocycles. The van der Waals surface area contributed by atoms with Gasteiger partial charge in [0.1, 0.15) is 0 Å². The van der Waals surface area contributed by atoms with Crippen LogP contribution in [-0.4, -0.2) is 17.8 Å². The molecule has 0 aliphatic heterocycles. The molecule has 0 aliphatic rings. The third-order valence-corrected chi connectivity index (χ3v) is 3.23. The topological polar surface area (TPSA) is 12.0 Å². The van der Waals surface area contributed by atoms with Crippen LogP contribution in [0.15, 0.2) is 12.1 Å². The molecule has 0 aliphatic carbocycles. The number of alkyl halides is 3. The van der Waals surface area contributed by atoms with Gasteiger partial charge in [0.15, 0.2) is 0 Å². The summed E-state index contributed by atoms with van der Waals surface area (Å²) in [5.41, 5.74) is -3.84. The first-order chi connectivity index (χ1) is 7.79. The summed E-state index contributed by atoms with van der Waals surface area (Å²) in [6.07, 6.45) is 0. The van der Waals surface area contributed by atoms with Crippen LogP contribution in [0.2, 0.25) is 15.1 Å². The summed E-state index contributed by atoms with van der Waals surface area (Å²) >= 11 is 17.3. The van der Waals surface area contributed by atoms with Gasteiger partial charge >= 0.3 is 5.51 Å². The molecule has 1 rings (SSSR count). The number of rotatable bonds is 4. The molecule has 1 nitrogen and oxygen atoms in total. The molecule has 1 aromatic rings. The molecule has 0 unspecified atom stereocenters. The average Bonchev–Trinajstić information content (AvgIpc) is 2.13. The van der Waals surface area contributed by atoms with Gasteiger partial charge in [0.2, 0.25) is 0 Å². The van der Waals surface area contributed by atoms with E-state index in [-0.39, 0.29) is 34.1 Å². The number of halogens is 6. The maximum absolute atomic E-state index is 11.9. The smallest absolute Gasteiger partial charge is 0.382 e. The Labute approximate surface area is 116 Å². The van der Waals surface area contributed by atoms with E-state index in [2.05, 4.69) is 5.32 Å². The average molecular weight is 325 g/mol. The molecule has 0 saturated heterocycles. The first-order valence-electron chi connectivity index (χ1n) is 4.38. The normalized spacial score (nSPS) is 11.6. The maximum atomic E-state index is 11.9. The lowest BCUT2D eigenvalue weighted by Crippen LogP contribution is -2.10. The summed E-state index contributed by atoms with van der Waals surface area (Å²) in [6.45, 7) is 0.102. The quantitative estimate of drug-likeness (QED) is 0.753. The highest BCUT2D eigenvalue weighted by Crippen LogP contribution is 2.34. The Morgan fingerprint density at radius 2 is 1.65 bits per heavy atom. The molecule has 0 fully saturated rings. The predicted molar refractivity (Wildman–Crippen MR) is 68.5 cm³/mol. The summed E-state index contributed by atoms with van der Waals surface area (Å²) in [6, 6.07) is 2.93. The first kappa shape index (κ1) is 15.1. The van der Waals surface area contributed by atoms with Crippen LogP contribution in [0, 0.1) is 0 Å². The van der Waals surface area contributed by atoms with Crippen molar-refractivity contribution >= 4 is 52.3 Å². The number of hydrogen-bond donors (Lipinski definition) is 1. The molecule has 17 heavy (non-hydrogen) atoms. The van der Waals surface area contributed by atoms with Crippen LogP contribution in [0.5, 0.6) is 0 Å². The molecule has 1 N–H and O–H groups in total. The zero-order valence-corrected chi connectivity index (χ0v) is 11.3. The molecule has 0 amide bonds. The van der Waals surface area contributed by atoms with Crippen molar-refractivity contribution in [3.63, 3.8) is 0 Å². The zero-order chi connectivity index (χ0) is 13.1. The molecule has 96 valence electrons. The van der Waals surface area contributed by atoms with Crippen LogP contribution < -0.4 is 5.32 Å². The van der Waals surface area contributed by atoms with Crippen molar-refractivity contribution in [2.24, 2.45) is 0 Å². The fourth-order valence-corrected chi connectivity index (χ4v) is 2.44. The van der Waals surface area contributed by atoms with E-state index in [9.17, 15) is 13.2 Å². The van der Waals surface area contributed by atoms with E-state index in [1.807, 2.05) is 0 Å². The molecule has 0 aromatic heterocycles. The SMILES string of the molecule is FC(F)(F)SCCNc1c(Cl)cc(Cl)cc1Cl. The molecule has 8 heteroatoms.